The minimum atomic E-state index is -0.717. The van der Waals surface area contributed by atoms with Crippen LogP contribution in [-0.2, 0) is 11.3 Å². The van der Waals surface area contributed by atoms with Gasteiger partial charge in [-0.05, 0) is 30.7 Å². The molecule has 0 aliphatic rings. The lowest BCUT2D eigenvalue weighted by atomic mass is 10.3. The number of aromatic nitrogens is 2. The van der Waals surface area contributed by atoms with Gasteiger partial charge in [-0.2, -0.15) is 0 Å². The van der Waals surface area contributed by atoms with Crippen LogP contribution in [0.15, 0.2) is 33.9 Å². The van der Waals surface area contributed by atoms with Crippen LogP contribution in [0.1, 0.15) is 19.8 Å². The van der Waals surface area contributed by atoms with Crippen LogP contribution in [0.3, 0.4) is 0 Å². The summed E-state index contributed by atoms with van der Waals surface area (Å²) in [7, 11) is 2.96. The van der Waals surface area contributed by atoms with E-state index in [1.807, 2.05) is 6.92 Å². The fourth-order valence-corrected chi connectivity index (χ4v) is 2.48. The summed E-state index contributed by atoms with van der Waals surface area (Å²) in [5, 5.41) is 0. The van der Waals surface area contributed by atoms with E-state index in [9.17, 15) is 14.4 Å². The molecule has 0 aliphatic carbocycles. The number of benzene rings is 1. The Balaban J connectivity index is 2.17. The molecule has 146 valence electrons. The predicted octanol–water partition coefficient (Wildman–Crippen LogP) is 0.969. The van der Waals surface area contributed by atoms with Gasteiger partial charge in [0.05, 0.1) is 7.11 Å². The smallest absolute Gasteiger partial charge is 0.330 e. The molecule has 1 heterocycles. The lowest BCUT2D eigenvalue weighted by Gasteiger charge is -2.20. The minimum absolute atomic E-state index is 0.0440. The Kier molecular flexibility index (Phi) is 6.64. The van der Waals surface area contributed by atoms with E-state index in [-0.39, 0.29) is 18.1 Å². The summed E-state index contributed by atoms with van der Waals surface area (Å²) in [5.74, 6) is 0.619. The Bertz CT molecular complexity index is 901. The number of unbranched alkanes of at least 4 members (excludes halogenated alkanes) is 1. The maximum atomic E-state index is 12.4. The van der Waals surface area contributed by atoms with Gasteiger partial charge >= 0.3 is 5.69 Å². The molecule has 1 amide bonds. The van der Waals surface area contributed by atoms with E-state index in [0.717, 1.165) is 11.3 Å². The SMILES string of the molecule is CCCCn1c(N)c(N(C)C(=O)COc2ccc(OC)cc2)c(=O)[nH]c1=O. The van der Waals surface area contributed by atoms with E-state index in [0.29, 0.717) is 24.5 Å². The second-order valence-electron chi connectivity index (χ2n) is 5.92. The van der Waals surface area contributed by atoms with Gasteiger partial charge in [-0.15, -0.1) is 0 Å². The zero-order valence-corrected chi connectivity index (χ0v) is 15.7. The van der Waals surface area contributed by atoms with Crippen LogP contribution in [0.25, 0.3) is 0 Å². The van der Waals surface area contributed by atoms with Crippen LogP contribution in [0.2, 0.25) is 0 Å². The van der Waals surface area contributed by atoms with Gasteiger partial charge in [-0.25, -0.2) is 4.79 Å². The van der Waals surface area contributed by atoms with Crippen LogP contribution in [0, 0.1) is 0 Å². The molecular formula is C18H24N4O5. The molecule has 1 aromatic carbocycles. The molecule has 0 atom stereocenters. The number of carbonyl (C=O) groups excluding carboxylic acids is 1. The molecule has 0 aliphatic heterocycles. The number of amides is 1. The van der Waals surface area contributed by atoms with Crippen LogP contribution in [0.5, 0.6) is 11.5 Å². The Morgan fingerprint density at radius 2 is 1.85 bits per heavy atom. The summed E-state index contributed by atoms with van der Waals surface area (Å²) in [6, 6.07) is 6.74. The lowest BCUT2D eigenvalue weighted by molar-refractivity contribution is -0.120. The molecule has 3 N–H and O–H groups in total. The highest BCUT2D eigenvalue weighted by atomic mass is 16.5. The number of rotatable bonds is 8. The van der Waals surface area contributed by atoms with Gasteiger partial charge in [-0.1, -0.05) is 13.3 Å². The first kappa shape index (κ1) is 20.1. The molecule has 0 saturated carbocycles. The van der Waals surface area contributed by atoms with Crippen molar-refractivity contribution in [2.24, 2.45) is 0 Å². The van der Waals surface area contributed by atoms with Gasteiger partial charge < -0.3 is 20.1 Å². The second-order valence-corrected chi connectivity index (χ2v) is 5.92. The van der Waals surface area contributed by atoms with Crippen molar-refractivity contribution in [3.63, 3.8) is 0 Å². The van der Waals surface area contributed by atoms with Crippen LogP contribution in [0.4, 0.5) is 11.5 Å². The molecule has 9 heteroatoms. The van der Waals surface area contributed by atoms with Crippen molar-refractivity contribution in [3.8, 4) is 11.5 Å². The third-order valence-corrected chi connectivity index (χ3v) is 4.08. The third-order valence-electron chi connectivity index (χ3n) is 4.08. The Morgan fingerprint density at radius 1 is 1.22 bits per heavy atom. The fourth-order valence-electron chi connectivity index (χ4n) is 2.48. The van der Waals surface area contributed by atoms with Crippen LogP contribution in [-0.4, -0.2) is 36.2 Å². The number of nitrogens with two attached hydrogens (primary N) is 1. The largest absolute Gasteiger partial charge is 0.497 e. The molecule has 2 rings (SSSR count). The normalized spacial score (nSPS) is 10.5. The summed E-state index contributed by atoms with van der Waals surface area (Å²) in [5.41, 5.74) is 4.61. The molecule has 9 nitrogen and oxygen atoms in total. The van der Waals surface area contributed by atoms with Gasteiger partial charge in [0.15, 0.2) is 12.3 Å². The average Bonchev–Trinajstić information content (AvgIpc) is 2.66. The molecule has 0 saturated heterocycles. The van der Waals surface area contributed by atoms with Crippen molar-refractivity contribution in [2.45, 2.75) is 26.3 Å². The maximum absolute atomic E-state index is 12.4. The van der Waals surface area contributed by atoms with Crippen molar-refractivity contribution >= 4 is 17.4 Å². The first-order valence-corrected chi connectivity index (χ1v) is 8.55. The van der Waals surface area contributed by atoms with E-state index >= 15 is 0 Å². The zero-order valence-electron chi connectivity index (χ0n) is 15.7. The third kappa shape index (κ3) is 4.69. The maximum Gasteiger partial charge on any atom is 0.330 e. The molecule has 1 aromatic heterocycles. The van der Waals surface area contributed by atoms with Crippen molar-refractivity contribution in [3.05, 3.63) is 45.1 Å². The number of methoxy groups -OCH3 is 1. The molecule has 0 unspecified atom stereocenters. The number of ether oxygens (including phenoxy) is 2. The van der Waals surface area contributed by atoms with Crippen LogP contribution >= 0.6 is 0 Å². The molecule has 27 heavy (non-hydrogen) atoms. The van der Waals surface area contributed by atoms with Crippen LogP contribution < -0.4 is 31.4 Å². The molecule has 0 radical (unpaired) electrons. The summed E-state index contributed by atoms with van der Waals surface area (Å²) < 4.78 is 11.8. The number of carbonyl (C=O) groups is 1. The average molecular weight is 376 g/mol. The van der Waals surface area contributed by atoms with Gasteiger partial charge in [0.2, 0.25) is 0 Å². The van der Waals surface area contributed by atoms with Crippen molar-refractivity contribution in [2.75, 3.05) is 31.4 Å². The van der Waals surface area contributed by atoms with Gasteiger partial charge in [0, 0.05) is 13.6 Å². The summed E-state index contributed by atoms with van der Waals surface area (Å²) in [6.07, 6.45) is 1.57. The number of nitrogens with one attached hydrogen (secondary N) is 1. The fraction of sp³-hybridized carbons (Fsp3) is 0.389. The van der Waals surface area contributed by atoms with Gasteiger partial charge in [0.25, 0.3) is 11.5 Å². The highest BCUT2D eigenvalue weighted by Crippen LogP contribution is 2.18. The van der Waals surface area contributed by atoms with Gasteiger partial charge in [0.1, 0.15) is 17.3 Å². The van der Waals surface area contributed by atoms with Crippen molar-refractivity contribution < 1.29 is 14.3 Å². The molecular weight excluding hydrogens is 352 g/mol. The topological polar surface area (TPSA) is 120 Å². The van der Waals surface area contributed by atoms with E-state index < -0.39 is 17.2 Å². The van der Waals surface area contributed by atoms with Gasteiger partial charge in [-0.3, -0.25) is 19.1 Å². The Labute approximate surface area is 156 Å². The van der Waals surface area contributed by atoms with Crippen molar-refractivity contribution in [1.29, 1.82) is 0 Å². The number of nitrogens with zero attached hydrogens (tertiary/aromatic N) is 2. The number of H-pyrrole nitrogens is 1. The Morgan fingerprint density at radius 3 is 2.44 bits per heavy atom. The minimum Gasteiger partial charge on any atom is -0.497 e. The number of likely N-dealkylation sites (N-methyl/N-ethyl adjacent to an activating group) is 1. The molecule has 0 bridgehead atoms. The highest BCUT2D eigenvalue weighted by Gasteiger charge is 2.21. The quantitative estimate of drug-likeness (QED) is 0.708. The first-order valence-electron chi connectivity index (χ1n) is 8.55. The number of hydrogen-bond donors (Lipinski definition) is 2. The standard InChI is InChI=1S/C18H24N4O5/c1-4-5-10-22-16(19)15(17(24)20-18(22)25)21(2)14(23)11-27-13-8-6-12(26-3)7-9-13/h6-9H,4-5,10-11,19H2,1-3H3,(H,20,24,25). The molecule has 2 aromatic rings. The van der Waals surface area contributed by atoms with E-state index in [1.54, 1.807) is 31.4 Å². The number of nitrogen functional groups attached to an aromatic ring is 1. The monoisotopic (exact) mass is 376 g/mol. The summed E-state index contributed by atoms with van der Waals surface area (Å²) in [4.78, 5) is 39.9. The predicted molar refractivity (Wildman–Crippen MR) is 103 cm³/mol. The number of aromatic amines is 1. The highest BCUT2D eigenvalue weighted by molar-refractivity contribution is 5.96. The molecule has 0 spiro atoms. The second kappa shape index (κ2) is 8.93. The zero-order chi connectivity index (χ0) is 20.0. The number of anilines is 2. The molecule has 0 fully saturated rings. The summed E-state index contributed by atoms with van der Waals surface area (Å²) in [6.45, 7) is 2.03. The van der Waals surface area contributed by atoms with E-state index in [2.05, 4.69) is 4.98 Å². The summed E-state index contributed by atoms with van der Waals surface area (Å²) >= 11 is 0. The van der Waals surface area contributed by atoms with E-state index in [1.165, 1.54) is 11.6 Å². The lowest BCUT2D eigenvalue weighted by Crippen LogP contribution is -2.40. The van der Waals surface area contributed by atoms with E-state index in [4.69, 9.17) is 15.2 Å². The van der Waals surface area contributed by atoms with Crippen molar-refractivity contribution in [1.82, 2.24) is 9.55 Å². The first-order chi connectivity index (χ1) is 12.9. The number of hydrogen-bond acceptors (Lipinski definition) is 6. The Hall–Kier alpha value is -3.23.